The lowest BCUT2D eigenvalue weighted by Crippen LogP contribution is -1.89. The van der Waals surface area contributed by atoms with E-state index in [1.54, 1.807) is 0 Å². The van der Waals surface area contributed by atoms with Gasteiger partial charge in [0.15, 0.2) is 11.6 Å². The second kappa shape index (κ2) is 3.44. The van der Waals surface area contributed by atoms with Crippen LogP contribution in [0.3, 0.4) is 0 Å². The monoisotopic (exact) mass is 277 g/mol. The molecule has 0 saturated heterocycles. The third kappa shape index (κ3) is 1.48. The minimum absolute atomic E-state index is 0.0177. The van der Waals surface area contributed by atoms with Crippen molar-refractivity contribution >= 4 is 38.4 Å². The van der Waals surface area contributed by atoms with E-state index in [4.69, 9.17) is 11.6 Å². The summed E-state index contributed by atoms with van der Waals surface area (Å²) in [6.07, 6.45) is 1.38. The van der Waals surface area contributed by atoms with E-state index in [1.165, 1.54) is 12.3 Å². The first-order valence-electron chi connectivity index (χ1n) is 3.68. The van der Waals surface area contributed by atoms with Crippen molar-refractivity contribution in [2.24, 2.45) is 0 Å². The first kappa shape index (κ1) is 9.80. The number of rotatable bonds is 0. The fourth-order valence-corrected chi connectivity index (χ4v) is 1.84. The van der Waals surface area contributed by atoms with Crippen molar-refractivity contribution < 1.29 is 8.78 Å². The van der Waals surface area contributed by atoms with Gasteiger partial charge >= 0.3 is 0 Å². The molecule has 1 nitrogen and oxygen atoms in total. The Morgan fingerprint density at radius 2 is 2.00 bits per heavy atom. The molecule has 1 heterocycles. The van der Waals surface area contributed by atoms with Crippen molar-refractivity contribution in [2.45, 2.75) is 0 Å². The Bertz CT molecular complexity index is 516. The van der Waals surface area contributed by atoms with E-state index in [2.05, 4.69) is 20.9 Å². The van der Waals surface area contributed by atoms with Crippen LogP contribution in [0.25, 0.3) is 10.9 Å². The third-order valence-corrected chi connectivity index (χ3v) is 2.71. The van der Waals surface area contributed by atoms with Crippen LogP contribution in [0, 0.1) is 11.6 Å². The number of halogens is 4. The molecule has 0 atom stereocenters. The van der Waals surface area contributed by atoms with Crippen molar-refractivity contribution in [2.75, 3.05) is 0 Å². The molecular formula is C9H3BrClF2N. The van der Waals surface area contributed by atoms with E-state index in [0.717, 1.165) is 6.07 Å². The molecule has 0 radical (unpaired) electrons. The highest BCUT2D eigenvalue weighted by Gasteiger charge is 2.12. The van der Waals surface area contributed by atoms with Gasteiger partial charge in [0.1, 0.15) is 0 Å². The van der Waals surface area contributed by atoms with Crippen molar-refractivity contribution in [1.29, 1.82) is 0 Å². The van der Waals surface area contributed by atoms with Crippen LogP contribution >= 0.6 is 27.5 Å². The maximum Gasteiger partial charge on any atom is 0.175 e. The second-order valence-electron chi connectivity index (χ2n) is 2.71. The molecule has 0 spiro atoms. The topological polar surface area (TPSA) is 12.9 Å². The van der Waals surface area contributed by atoms with Crippen LogP contribution in [0.5, 0.6) is 0 Å². The van der Waals surface area contributed by atoms with Gasteiger partial charge in [-0.15, -0.1) is 0 Å². The fraction of sp³-hybridized carbons (Fsp3) is 0. The van der Waals surface area contributed by atoms with Crippen LogP contribution in [0.2, 0.25) is 5.02 Å². The summed E-state index contributed by atoms with van der Waals surface area (Å²) in [4.78, 5) is 3.90. The Balaban J connectivity index is 2.91. The minimum atomic E-state index is -0.938. The maximum absolute atomic E-state index is 13.1. The molecule has 0 fully saturated rings. The average molecular weight is 278 g/mol. The predicted octanol–water partition coefficient (Wildman–Crippen LogP) is 3.93. The molecule has 0 amide bonds. The molecule has 2 aromatic rings. The van der Waals surface area contributed by atoms with E-state index in [-0.39, 0.29) is 4.47 Å². The summed E-state index contributed by atoms with van der Waals surface area (Å²) in [6, 6.07) is 2.59. The molecule has 72 valence electrons. The standard InChI is InChI=1S/C9H3BrClF2N/c10-7-8(13)6(12)2-4-1-5(11)3-14-9(4)7/h1-3H. The largest absolute Gasteiger partial charge is 0.253 e. The number of pyridine rings is 1. The number of hydrogen-bond acceptors (Lipinski definition) is 1. The van der Waals surface area contributed by atoms with Crippen molar-refractivity contribution in [3.8, 4) is 0 Å². The van der Waals surface area contributed by atoms with Gasteiger partial charge in [0, 0.05) is 11.6 Å². The molecule has 1 aromatic heterocycles. The molecule has 0 aliphatic heterocycles. The molecule has 0 N–H and O–H groups in total. The zero-order chi connectivity index (χ0) is 10.3. The lowest BCUT2D eigenvalue weighted by Gasteiger charge is -2.02. The first-order valence-corrected chi connectivity index (χ1v) is 4.85. The van der Waals surface area contributed by atoms with E-state index in [1.807, 2.05) is 0 Å². The Hall–Kier alpha value is -0.740. The molecule has 0 aliphatic carbocycles. The summed E-state index contributed by atoms with van der Waals surface area (Å²) in [5, 5.41) is 0.846. The lowest BCUT2D eigenvalue weighted by atomic mass is 10.2. The maximum atomic E-state index is 13.1. The van der Waals surface area contributed by atoms with Gasteiger partial charge in [-0.1, -0.05) is 11.6 Å². The van der Waals surface area contributed by atoms with Crippen molar-refractivity contribution in [1.82, 2.24) is 4.98 Å². The van der Waals surface area contributed by atoms with E-state index in [0.29, 0.717) is 15.9 Å². The molecule has 14 heavy (non-hydrogen) atoms. The quantitative estimate of drug-likeness (QED) is 0.665. The van der Waals surface area contributed by atoms with E-state index in [9.17, 15) is 8.78 Å². The van der Waals surface area contributed by atoms with Gasteiger partial charge in [-0.05, 0) is 28.1 Å². The zero-order valence-corrected chi connectivity index (χ0v) is 9.03. The predicted molar refractivity (Wildman–Crippen MR) is 54.4 cm³/mol. The van der Waals surface area contributed by atoms with Crippen LogP contribution in [0.4, 0.5) is 8.78 Å². The van der Waals surface area contributed by atoms with Gasteiger partial charge in [0.25, 0.3) is 0 Å². The summed E-state index contributed by atoms with van der Waals surface area (Å²) >= 11 is 8.60. The molecule has 0 saturated carbocycles. The molecule has 0 unspecified atom stereocenters. The zero-order valence-electron chi connectivity index (χ0n) is 6.69. The normalized spacial score (nSPS) is 10.9. The number of aromatic nitrogens is 1. The SMILES string of the molecule is Fc1cc2cc(Cl)cnc2c(Br)c1F. The Morgan fingerprint density at radius 3 is 2.71 bits per heavy atom. The van der Waals surface area contributed by atoms with Crippen LogP contribution in [0.15, 0.2) is 22.8 Å². The third-order valence-electron chi connectivity index (χ3n) is 1.78. The Morgan fingerprint density at radius 1 is 1.29 bits per heavy atom. The van der Waals surface area contributed by atoms with E-state index >= 15 is 0 Å². The highest BCUT2D eigenvalue weighted by atomic mass is 79.9. The second-order valence-corrected chi connectivity index (χ2v) is 3.94. The highest BCUT2D eigenvalue weighted by molar-refractivity contribution is 9.10. The molecule has 1 aromatic carbocycles. The van der Waals surface area contributed by atoms with Crippen molar-refractivity contribution in [3.05, 3.63) is 39.5 Å². The molecule has 2 rings (SSSR count). The van der Waals surface area contributed by atoms with E-state index < -0.39 is 11.6 Å². The summed E-state index contributed by atoms with van der Waals surface area (Å²) in [5.41, 5.74) is 0.355. The lowest BCUT2D eigenvalue weighted by molar-refractivity contribution is 0.506. The van der Waals surface area contributed by atoms with Crippen LogP contribution in [-0.4, -0.2) is 4.98 Å². The Kier molecular flexibility index (Phi) is 2.41. The fourth-order valence-electron chi connectivity index (χ4n) is 1.16. The minimum Gasteiger partial charge on any atom is -0.253 e. The van der Waals surface area contributed by atoms with Crippen molar-refractivity contribution in [3.63, 3.8) is 0 Å². The van der Waals surface area contributed by atoms with Crippen LogP contribution in [0.1, 0.15) is 0 Å². The summed E-state index contributed by atoms with van der Waals surface area (Å²) < 4.78 is 26.0. The van der Waals surface area contributed by atoms with Gasteiger partial charge in [0.2, 0.25) is 0 Å². The molecule has 0 aliphatic rings. The van der Waals surface area contributed by atoms with Gasteiger partial charge < -0.3 is 0 Å². The summed E-state index contributed by atoms with van der Waals surface area (Å²) in [6.45, 7) is 0. The Labute approximate surface area is 91.8 Å². The first-order chi connectivity index (χ1) is 6.59. The molecular weight excluding hydrogens is 275 g/mol. The number of fused-ring (bicyclic) bond motifs is 1. The highest BCUT2D eigenvalue weighted by Crippen LogP contribution is 2.28. The average Bonchev–Trinajstić information content (AvgIpc) is 2.14. The molecule has 0 bridgehead atoms. The van der Waals surface area contributed by atoms with Gasteiger partial charge in [0.05, 0.1) is 15.0 Å². The van der Waals surface area contributed by atoms with Crippen LogP contribution < -0.4 is 0 Å². The summed E-state index contributed by atoms with van der Waals surface area (Å²) in [5.74, 6) is -1.86. The van der Waals surface area contributed by atoms with Gasteiger partial charge in [-0.25, -0.2) is 8.78 Å². The van der Waals surface area contributed by atoms with Gasteiger partial charge in [-0.2, -0.15) is 0 Å². The van der Waals surface area contributed by atoms with Gasteiger partial charge in [-0.3, -0.25) is 4.98 Å². The number of nitrogens with zero attached hydrogens (tertiary/aromatic N) is 1. The number of hydrogen-bond donors (Lipinski definition) is 0. The number of benzene rings is 1. The smallest absolute Gasteiger partial charge is 0.175 e. The molecule has 5 heteroatoms. The summed E-state index contributed by atoms with van der Waals surface area (Å²) in [7, 11) is 0. The van der Waals surface area contributed by atoms with Crippen LogP contribution in [-0.2, 0) is 0 Å².